The van der Waals surface area contributed by atoms with Gasteiger partial charge in [0.2, 0.25) is 0 Å². The predicted octanol–water partition coefficient (Wildman–Crippen LogP) is 5.34. The van der Waals surface area contributed by atoms with Crippen molar-refractivity contribution in [1.82, 2.24) is 9.97 Å². The molecule has 0 radical (unpaired) electrons. The van der Waals surface area contributed by atoms with Gasteiger partial charge in [-0.15, -0.1) is 0 Å². The molecule has 4 aromatic rings. The second-order valence-electron chi connectivity index (χ2n) is 6.55. The van der Waals surface area contributed by atoms with Gasteiger partial charge in [0.25, 0.3) is 5.91 Å². The van der Waals surface area contributed by atoms with Crippen molar-refractivity contribution in [2.45, 2.75) is 13.5 Å². The second kappa shape index (κ2) is 9.33. The summed E-state index contributed by atoms with van der Waals surface area (Å²) < 4.78 is 6.57. The van der Waals surface area contributed by atoms with Crippen molar-refractivity contribution in [3.63, 3.8) is 0 Å². The minimum Gasteiger partial charge on any atom is -0.494 e. The van der Waals surface area contributed by atoms with E-state index in [1.807, 2.05) is 79.7 Å². The monoisotopic (exact) mass is 415 g/mol. The van der Waals surface area contributed by atoms with Crippen molar-refractivity contribution in [3.8, 4) is 5.75 Å². The third-order valence-corrected chi connectivity index (χ3v) is 5.46. The molecular weight excluding hydrogens is 394 g/mol. The Kier molecular flexibility index (Phi) is 6.15. The number of anilines is 1. The Morgan fingerprint density at radius 1 is 1.10 bits per heavy atom. The first-order chi connectivity index (χ1) is 14.7. The van der Waals surface area contributed by atoms with Crippen molar-refractivity contribution in [3.05, 3.63) is 90.3 Å². The molecule has 0 aliphatic heterocycles. The Morgan fingerprint density at radius 3 is 2.70 bits per heavy atom. The van der Waals surface area contributed by atoms with E-state index in [1.54, 1.807) is 17.2 Å². The lowest BCUT2D eigenvalue weighted by molar-refractivity contribution is -0.114. The molecule has 4 rings (SSSR count). The molecule has 6 heteroatoms. The normalized spacial score (nSPS) is 11.1. The summed E-state index contributed by atoms with van der Waals surface area (Å²) in [5.41, 5.74) is 2.60. The number of hydrogen-bond donors (Lipinski definition) is 0. The topological polar surface area (TPSA) is 55.3 Å². The maximum Gasteiger partial charge on any atom is 0.253 e. The first-order valence-corrected chi connectivity index (χ1v) is 10.5. The van der Waals surface area contributed by atoms with Gasteiger partial charge < -0.3 is 4.74 Å². The number of hydrogen-bond acceptors (Lipinski definition) is 5. The maximum atomic E-state index is 13.1. The van der Waals surface area contributed by atoms with Gasteiger partial charge in [-0.2, -0.15) is 0 Å². The zero-order chi connectivity index (χ0) is 20.8. The average Bonchev–Trinajstić information content (AvgIpc) is 3.20. The Morgan fingerprint density at radius 2 is 1.93 bits per heavy atom. The van der Waals surface area contributed by atoms with Crippen LogP contribution in [0.2, 0.25) is 0 Å². The van der Waals surface area contributed by atoms with Crippen LogP contribution in [0.4, 0.5) is 5.13 Å². The minimum absolute atomic E-state index is 0.145. The highest BCUT2D eigenvalue weighted by atomic mass is 32.1. The van der Waals surface area contributed by atoms with Gasteiger partial charge in [-0.25, -0.2) is 4.98 Å². The van der Waals surface area contributed by atoms with Crippen LogP contribution < -0.4 is 9.64 Å². The van der Waals surface area contributed by atoms with Crippen LogP contribution in [0.3, 0.4) is 0 Å². The highest BCUT2D eigenvalue weighted by Crippen LogP contribution is 2.32. The van der Waals surface area contributed by atoms with Crippen LogP contribution in [0, 0.1) is 0 Å². The van der Waals surface area contributed by atoms with Crippen molar-refractivity contribution in [2.75, 3.05) is 11.5 Å². The second-order valence-corrected chi connectivity index (χ2v) is 7.56. The van der Waals surface area contributed by atoms with E-state index in [9.17, 15) is 4.79 Å². The Labute approximate surface area is 179 Å². The smallest absolute Gasteiger partial charge is 0.253 e. The van der Waals surface area contributed by atoms with Crippen LogP contribution in [-0.2, 0) is 11.3 Å². The van der Waals surface area contributed by atoms with Crippen LogP contribution in [0.15, 0.2) is 79.0 Å². The average molecular weight is 416 g/mol. The van der Waals surface area contributed by atoms with E-state index < -0.39 is 0 Å². The quantitative estimate of drug-likeness (QED) is 0.383. The lowest BCUT2D eigenvalue weighted by Gasteiger charge is -2.17. The summed E-state index contributed by atoms with van der Waals surface area (Å²) in [4.78, 5) is 23.8. The third kappa shape index (κ3) is 4.72. The van der Waals surface area contributed by atoms with Gasteiger partial charge in [0.1, 0.15) is 5.75 Å². The van der Waals surface area contributed by atoms with Crippen molar-refractivity contribution in [2.24, 2.45) is 0 Å². The molecule has 0 saturated heterocycles. The zero-order valence-corrected chi connectivity index (χ0v) is 17.4. The molecule has 2 aromatic heterocycles. The summed E-state index contributed by atoms with van der Waals surface area (Å²) in [5.74, 6) is 0.653. The number of benzene rings is 2. The summed E-state index contributed by atoms with van der Waals surface area (Å²) in [5, 5.41) is 0.631. The molecule has 0 fully saturated rings. The van der Waals surface area contributed by atoms with Gasteiger partial charge in [0.15, 0.2) is 5.13 Å². The number of fused-ring (bicyclic) bond motifs is 1. The molecule has 0 saturated carbocycles. The Balaban J connectivity index is 1.66. The molecule has 0 N–H and O–H groups in total. The maximum absolute atomic E-state index is 13.1. The molecule has 5 nitrogen and oxygen atoms in total. The molecule has 0 aliphatic rings. The van der Waals surface area contributed by atoms with Crippen molar-refractivity contribution < 1.29 is 9.53 Å². The van der Waals surface area contributed by atoms with Crippen LogP contribution in [-0.4, -0.2) is 22.5 Å². The summed E-state index contributed by atoms with van der Waals surface area (Å²) in [6, 6.07) is 21.2. The first kappa shape index (κ1) is 19.8. The highest BCUT2D eigenvalue weighted by Gasteiger charge is 2.19. The number of nitrogens with zero attached hydrogens (tertiary/aromatic N) is 3. The fraction of sp³-hybridized carbons (Fsp3) is 0.125. The van der Waals surface area contributed by atoms with Crippen LogP contribution in [0.1, 0.15) is 18.2 Å². The number of carbonyl (C=O) groups is 1. The fourth-order valence-electron chi connectivity index (χ4n) is 2.98. The van der Waals surface area contributed by atoms with Crippen LogP contribution >= 0.6 is 11.3 Å². The number of aromatic nitrogens is 2. The summed E-state index contributed by atoms with van der Waals surface area (Å²) >= 11 is 1.47. The number of carbonyl (C=O) groups excluding carboxylic acids is 1. The van der Waals surface area contributed by atoms with Gasteiger partial charge in [-0.05, 0) is 48.9 Å². The molecule has 150 valence electrons. The van der Waals surface area contributed by atoms with E-state index in [1.165, 1.54) is 11.3 Å². The molecule has 30 heavy (non-hydrogen) atoms. The van der Waals surface area contributed by atoms with Crippen LogP contribution in [0.5, 0.6) is 5.75 Å². The Bertz CT molecular complexity index is 1160. The van der Waals surface area contributed by atoms with Gasteiger partial charge in [-0.3, -0.25) is 14.7 Å². The van der Waals surface area contributed by atoms with E-state index in [-0.39, 0.29) is 5.91 Å². The number of rotatable bonds is 7. The van der Waals surface area contributed by atoms with E-state index in [0.29, 0.717) is 18.3 Å². The third-order valence-electron chi connectivity index (χ3n) is 4.42. The van der Waals surface area contributed by atoms with Crippen molar-refractivity contribution >= 4 is 38.7 Å². The molecule has 2 aromatic carbocycles. The lowest BCUT2D eigenvalue weighted by Crippen LogP contribution is -2.29. The highest BCUT2D eigenvalue weighted by molar-refractivity contribution is 7.22. The lowest BCUT2D eigenvalue weighted by atomic mass is 10.2. The van der Waals surface area contributed by atoms with E-state index in [0.717, 1.165) is 27.2 Å². The molecule has 0 atom stereocenters. The summed E-state index contributed by atoms with van der Waals surface area (Å²) in [6.07, 6.45) is 5.12. The molecule has 0 unspecified atom stereocenters. The molecule has 2 heterocycles. The molecule has 1 amide bonds. The van der Waals surface area contributed by atoms with E-state index in [2.05, 4.69) is 4.98 Å². The van der Waals surface area contributed by atoms with Crippen molar-refractivity contribution in [1.29, 1.82) is 0 Å². The molecular formula is C24H21N3O2S. The molecule has 0 aliphatic carbocycles. The van der Waals surface area contributed by atoms with Gasteiger partial charge in [-0.1, -0.05) is 47.7 Å². The van der Waals surface area contributed by atoms with Gasteiger partial charge >= 0.3 is 0 Å². The summed E-state index contributed by atoms with van der Waals surface area (Å²) in [6.45, 7) is 2.90. The van der Waals surface area contributed by atoms with Gasteiger partial charge in [0.05, 0.1) is 29.1 Å². The standard InChI is InChI=1S/C24H21N3O2S/c1-2-29-20-12-13-21-22(16-20)30-24(26-21)27(17-19-10-6-7-15-25-19)23(28)14-11-18-8-4-3-5-9-18/h3-16H,2,17H2,1H3/b14-11+. The number of ether oxygens (including phenoxy) is 1. The SMILES string of the molecule is CCOc1ccc2nc(N(Cc3ccccn3)C(=O)/C=C/c3ccccc3)sc2c1. The predicted molar refractivity (Wildman–Crippen MR) is 122 cm³/mol. The number of thiazole rings is 1. The largest absolute Gasteiger partial charge is 0.494 e. The van der Waals surface area contributed by atoms with E-state index >= 15 is 0 Å². The Hall–Kier alpha value is -3.51. The zero-order valence-electron chi connectivity index (χ0n) is 16.6. The number of pyridine rings is 1. The van der Waals surface area contributed by atoms with Crippen LogP contribution in [0.25, 0.3) is 16.3 Å². The minimum atomic E-state index is -0.145. The van der Waals surface area contributed by atoms with E-state index in [4.69, 9.17) is 9.72 Å². The first-order valence-electron chi connectivity index (χ1n) is 9.71. The molecule has 0 spiro atoms. The number of amides is 1. The molecule has 0 bridgehead atoms. The fourth-order valence-corrected chi connectivity index (χ4v) is 3.98. The van der Waals surface area contributed by atoms with Gasteiger partial charge in [0, 0.05) is 12.3 Å². The summed E-state index contributed by atoms with van der Waals surface area (Å²) in [7, 11) is 0.